The fourth-order valence-corrected chi connectivity index (χ4v) is 4.07. The van der Waals surface area contributed by atoms with E-state index in [0.717, 1.165) is 22.5 Å². The molecule has 0 aliphatic carbocycles. The number of nitrogens with one attached hydrogen (secondary N) is 2. The molecule has 0 saturated carbocycles. The smallest absolute Gasteiger partial charge is 0.255 e. The van der Waals surface area contributed by atoms with Crippen molar-refractivity contribution in [3.05, 3.63) is 90.4 Å². The molecule has 0 bridgehead atoms. The molecule has 2 aromatic heterocycles. The molecule has 1 unspecified atom stereocenters. The topological polar surface area (TPSA) is 109 Å². The lowest BCUT2D eigenvalue weighted by molar-refractivity contribution is 0.102. The van der Waals surface area contributed by atoms with E-state index in [2.05, 4.69) is 29.9 Å². The average molecular weight is 473 g/mol. The summed E-state index contributed by atoms with van der Waals surface area (Å²) in [4.78, 5) is 26.3. The second-order valence-corrected chi connectivity index (χ2v) is 10.1. The van der Waals surface area contributed by atoms with Crippen LogP contribution in [0.3, 0.4) is 0 Å². The van der Waals surface area contributed by atoms with Crippen LogP contribution in [-0.4, -0.2) is 38.4 Å². The van der Waals surface area contributed by atoms with Gasteiger partial charge in [-0.2, -0.15) is 0 Å². The Kier molecular flexibility index (Phi) is 6.65. The average Bonchev–Trinajstić information content (AvgIpc) is 2.87. The van der Waals surface area contributed by atoms with E-state index in [0.29, 0.717) is 22.1 Å². The van der Waals surface area contributed by atoms with Crippen molar-refractivity contribution in [1.82, 2.24) is 15.0 Å². The standard InChI is InChI=1S/C25H24N6O2S/c1-17-6-9-20(29-24(32)18-7-10-21(11-8-18)34(3,33)26-2)15-23(17)31-25-28-14-12-22(30-25)19-5-4-13-27-16-19/h4-16H,1-3H3,(H,29,32)(H,28,30,31). The van der Waals surface area contributed by atoms with E-state index in [1.807, 2.05) is 43.3 Å². The van der Waals surface area contributed by atoms with Crippen molar-refractivity contribution in [1.29, 1.82) is 0 Å². The van der Waals surface area contributed by atoms with Crippen molar-refractivity contribution < 1.29 is 9.00 Å². The molecule has 0 aliphatic heterocycles. The molecule has 0 radical (unpaired) electrons. The highest BCUT2D eigenvalue weighted by atomic mass is 32.2. The van der Waals surface area contributed by atoms with Crippen LogP contribution in [0.25, 0.3) is 11.3 Å². The molecule has 0 aliphatic rings. The maximum atomic E-state index is 12.7. The minimum atomic E-state index is -2.44. The van der Waals surface area contributed by atoms with E-state index in [1.165, 1.54) is 7.05 Å². The molecule has 2 N–H and O–H groups in total. The van der Waals surface area contributed by atoms with Crippen LogP contribution >= 0.6 is 0 Å². The number of rotatable bonds is 6. The molecule has 4 rings (SSSR count). The zero-order valence-corrected chi connectivity index (χ0v) is 19.8. The first kappa shape index (κ1) is 23.1. The predicted molar refractivity (Wildman–Crippen MR) is 135 cm³/mol. The number of hydrogen-bond acceptors (Lipinski definition) is 7. The van der Waals surface area contributed by atoms with Crippen molar-refractivity contribution in [3.8, 4) is 11.3 Å². The summed E-state index contributed by atoms with van der Waals surface area (Å²) in [6.45, 7) is 1.96. The molecular weight excluding hydrogens is 448 g/mol. The van der Waals surface area contributed by atoms with Gasteiger partial charge < -0.3 is 10.6 Å². The number of aromatic nitrogens is 3. The molecule has 172 valence electrons. The predicted octanol–water partition coefficient (Wildman–Crippen LogP) is 4.93. The highest BCUT2D eigenvalue weighted by Gasteiger charge is 2.11. The maximum absolute atomic E-state index is 12.7. The normalized spacial score (nSPS) is 12.4. The molecular formula is C25H24N6O2S. The van der Waals surface area contributed by atoms with Crippen LogP contribution in [0.5, 0.6) is 0 Å². The van der Waals surface area contributed by atoms with Gasteiger partial charge in [-0.05, 0) is 67.1 Å². The van der Waals surface area contributed by atoms with E-state index in [-0.39, 0.29) is 5.91 Å². The van der Waals surface area contributed by atoms with Crippen molar-refractivity contribution in [2.75, 3.05) is 23.9 Å². The van der Waals surface area contributed by atoms with Crippen molar-refractivity contribution in [2.24, 2.45) is 4.36 Å². The summed E-state index contributed by atoms with van der Waals surface area (Å²) in [5, 5.41) is 6.13. The van der Waals surface area contributed by atoms with Crippen LogP contribution < -0.4 is 10.6 Å². The fraction of sp³-hybridized carbons (Fsp3) is 0.120. The Bertz CT molecular complexity index is 1450. The van der Waals surface area contributed by atoms with Crippen molar-refractivity contribution >= 4 is 33.0 Å². The lowest BCUT2D eigenvalue weighted by atomic mass is 10.1. The first-order chi connectivity index (χ1) is 16.4. The van der Waals surface area contributed by atoms with Crippen LogP contribution in [0.1, 0.15) is 15.9 Å². The second kappa shape index (κ2) is 9.80. The van der Waals surface area contributed by atoms with E-state index >= 15 is 0 Å². The zero-order valence-electron chi connectivity index (χ0n) is 19.0. The molecule has 0 fully saturated rings. The molecule has 1 amide bonds. The Morgan fingerprint density at radius 2 is 1.82 bits per heavy atom. The lowest BCUT2D eigenvalue weighted by Crippen LogP contribution is -2.12. The zero-order chi connectivity index (χ0) is 24.1. The van der Waals surface area contributed by atoms with E-state index in [1.54, 1.807) is 49.1 Å². The third-order valence-electron chi connectivity index (χ3n) is 5.26. The summed E-state index contributed by atoms with van der Waals surface area (Å²) in [5.41, 5.74) is 4.46. The van der Waals surface area contributed by atoms with Gasteiger partial charge in [0.15, 0.2) is 0 Å². The number of anilines is 3. The SMILES string of the molecule is CN=S(C)(=O)c1ccc(C(=O)Nc2ccc(C)c(Nc3nccc(-c4cccnc4)n3)c2)cc1. The number of aryl methyl sites for hydroxylation is 1. The van der Waals surface area contributed by atoms with Crippen LogP contribution in [0, 0.1) is 6.92 Å². The largest absolute Gasteiger partial charge is 0.324 e. The summed E-state index contributed by atoms with van der Waals surface area (Å²) in [6.07, 6.45) is 6.71. The quantitative estimate of drug-likeness (QED) is 0.412. The van der Waals surface area contributed by atoms with Crippen LogP contribution in [0.4, 0.5) is 17.3 Å². The van der Waals surface area contributed by atoms with Crippen LogP contribution in [0.15, 0.2) is 88.5 Å². The van der Waals surface area contributed by atoms with Gasteiger partial charge in [-0.15, -0.1) is 0 Å². The molecule has 1 atom stereocenters. The molecule has 2 aromatic carbocycles. The number of nitrogens with zero attached hydrogens (tertiary/aromatic N) is 4. The van der Waals surface area contributed by atoms with Gasteiger partial charge in [0, 0.05) is 59.3 Å². The first-order valence-corrected chi connectivity index (χ1v) is 12.4. The molecule has 9 heteroatoms. The van der Waals surface area contributed by atoms with E-state index in [9.17, 15) is 9.00 Å². The minimum absolute atomic E-state index is 0.271. The Labute approximate surface area is 198 Å². The van der Waals surface area contributed by atoms with Gasteiger partial charge in [0.2, 0.25) is 5.95 Å². The van der Waals surface area contributed by atoms with Gasteiger partial charge in [-0.1, -0.05) is 6.07 Å². The summed E-state index contributed by atoms with van der Waals surface area (Å²) < 4.78 is 16.3. The Morgan fingerprint density at radius 1 is 1.03 bits per heavy atom. The minimum Gasteiger partial charge on any atom is -0.324 e. The third kappa shape index (κ3) is 5.26. The molecule has 34 heavy (non-hydrogen) atoms. The molecule has 8 nitrogen and oxygen atoms in total. The van der Waals surface area contributed by atoms with Crippen LogP contribution in [-0.2, 0) is 9.73 Å². The maximum Gasteiger partial charge on any atom is 0.255 e. The number of carbonyl (C=O) groups is 1. The van der Waals surface area contributed by atoms with Crippen LogP contribution in [0.2, 0.25) is 0 Å². The van der Waals surface area contributed by atoms with Gasteiger partial charge >= 0.3 is 0 Å². The van der Waals surface area contributed by atoms with Crippen molar-refractivity contribution in [3.63, 3.8) is 0 Å². The second-order valence-electron chi connectivity index (χ2n) is 7.63. The van der Waals surface area contributed by atoms with Gasteiger partial charge in [0.25, 0.3) is 5.91 Å². The number of amides is 1. The summed E-state index contributed by atoms with van der Waals surface area (Å²) >= 11 is 0. The number of carbonyl (C=O) groups excluding carboxylic acids is 1. The first-order valence-electron chi connectivity index (χ1n) is 10.5. The lowest BCUT2D eigenvalue weighted by Gasteiger charge is -2.12. The van der Waals surface area contributed by atoms with Gasteiger partial charge in [-0.25, -0.2) is 18.5 Å². The molecule has 0 saturated heterocycles. The van der Waals surface area contributed by atoms with Gasteiger partial charge in [-0.3, -0.25) is 9.78 Å². The monoisotopic (exact) mass is 472 g/mol. The highest BCUT2D eigenvalue weighted by molar-refractivity contribution is 7.93. The number of pyridine rings is 1. The number of hydrogen-bond donors (Lipinski definition) is 2. The summed E-state index contributed by atoms with van der Waals surface area (Å²) in [7, 11) is -0.921. The number of benzene rings is 2. The Hall–Kier alpha value is -4.11. The fourth-order valence-electron chi connectivity index (χ4n) is 3.22. The molecule has 4 aromatic rings. The van der Waals surface area contributed by atoms with Gasteiger partial charge in [0.05, 0.1) is 15.4 Å². The summed E-state index contributed by atoms with van der Waals surface area (Å²) in [5.74, 6) is 0.167. The summed E-state index contributed by atoms with van der Waals surface area (Å²) in [6, 6.07) is 17.8. The van der Waals surface area contributed by atoms with E-state index in [4.69, 9.17) is 0 Å². The highest BCUT2D eigenvalue weighted by Crippen LogP contribution is 2.25. The Morgan fingerprint density at radius 3 is 2.53 bits per heavy atom. The molecule has 0 spiro atoms. The molecule has 2 heterocycles. The van der Waals surface area contributed by atoms with Gasteiger partial charge in [0.1, 0.15) is 0 Å². The van der Waals surface area contributed by atoms with Crippen molar-refractivity contribution in [2.45, 2.75) is 11.8 Å². The van der Waals surface area contributed by atoms with E-state index < -0.39 is 9.73 Å². The third-order valence-corrected chi connectivity index (χ3v) is 7.10. The Balaban J connectivity index is 1.52.